The lowest BCUT2D eigenvalue weighted by Gasteiger charge is -2.27. The fourth-order valence-corrected chi connectivity index (χ4v) is 1.38. The van der Waals surface area contributed by atoms with E-state index in [1.165, 1.54) is 17.7 Å². The van der Waals surface area contributed by atoms with Crippen molar-refractivity contribution in [3.63, 3.8) is 0 Å². The Morgan fingerprint density at radius 3 is 3.00 bits per heavy atom. The molecular weight excluding hydrogens is 136 g/mol. The first-order chi connectivity index (χ1) is 5.38. The van der Waals surface area contributed by atoms with Crippen LogP contribution in [0, 0.1) is 6.92 Å². The number of aromatic nitrogens is 1. The van der Waals surface area contributed by atoms with Crippen molar-refractivity contribution in [2.45, 2.75) is 19.4 Å². The summed E-state index contributed by atoms with van der Waals surface area (Å²) in [4.78, 5) is 4.34. The Balaban J connectivity index is 2.28. The van der Waals surface area contributed by atoms with Gasteiger partial charge in [0.25, 0.3) is 0 Å². The Kier molecular flexibility index (Phi) is 1.62. The van der Waals surface area contributed by atoms with E-state index in [1.54, 1.807) is 0 Å². The lowest BCUT2D eigenvalue weighted by Crippen LogP contribution is -2.35. The number of aryl methyl sites for hydroxylation is 1. The van der Waals surface area contributed by atoms with E-state index >= 15 is 0 Å². The van der Waals surface area contributed by atoms with Gasteiger partial charge in [-0.05, 0) is 31.5 Å². The van der Waals surface area contributed by atoms with Crippen LogP contribution < -0.4 is 5.32 Å². The molecule has 1 aromatic rings. The third-order valence-electron chi connectivity index (χ3n) is 2.20. The molecule has 0 saturated carbocycles. The zero-order chi connectivity index (χ0) is 7.68. The average Bonchev–Trinajstić information content (AvgIpc) is 1.90. The molecule has 58 valence electrons. The largest absolute Gasteiger partial charge is 0.309 e. The van der Waals surface area contributed by atoms with Gasteiger partial charge in [0.2, 0.25) is 0 Å². The summed E-state index contributed by atoms with van der Waals surface area (Å²) in [5, 5.41) is 3.34. The Hall–Kier alpha value is -0.890. The molecule has 0 aliphatic carbocycles. The highest BCUT2D eigenvalue weighted by atomic mass is 15.0. The second-order valence-electron chi connectivity index (χ2n) is 3.00. The van der Waals surface area contributed by atoms with Gasteiger partial charge in [0.15, 0.2) is 0 Å². The quantitative estimate of drug-likeness (QED) is 0.651. The Labute approximate surface area is 66.7 Å². The second kappa shape index (κ2) is 2.62. The highest BCUT2D eigenvalue weighted by Crippen LogP contribution is 2.22. The van der Waals surface area contributed by atoms with Crippen molar-refractivity contribution >= 4 is 0 Å². The second-order valence-corrected chi connectivity index (χ2v) is 3.00. The fraction of sp³-hybridized carbons (Fsp3) is 0.444. The van der Waals surface area contributed by atoms with Crippen LogP contribution in [0.5, 0.6) is 0 Å². The van der Waals surface area contributed by atoms with Crippen molar-refractivity contribution in [1.82, 2.24) is 10.3 Å². The van der Waals surface area contributed by atoms with E-state index in [4.69, 9.17) is 0 Å². The summed E-state index contributed by atoms with van der Waals surface area (Å²) in [5.41, 5.74) is 2.52. The molecule has 0 amide bonds. The molecule has 1 N–H and O–H groups in total. The van der Waals surface area contributed by atoms with Gasteiger partial charge >= 0.3 is 0 Å². The van der Waals surface area contributed by atoms with Gasteiger partial charge in [-0.1, -0.05) is 6.07 Å². The van der Waals surface area contributed by atoms with Crippen molar-refractivity contribution in [2.75, 3.05) is 6.54 Å². The van der Waals surface area contributed by atoms with Crippen LogP contribution in [-0.2, 0) is 0 Å². The minimum Gasteiger partial charge on any atom is -0.309 e. The van der Waals surface area contributed by atoms with Crippen molar-refractivity contribution in [2.24, 2.45) is 0 Å². The van der Waals surface area contributed by atoms with E-state index in [9.17, 15) is 0 Å². The van der Waals surface area contributed by atoms with Crippen molar-refractivity contribution in [1.29, 1.82) is 0 Å². The molecule has 1 aliphatic heterocycles. The molecule has 2 heteroatoms. The van der Waals surface area contributed by atoms with Gasteiger partial charge in [-0.2, -0.15) is 0 Å². The van der Waals surface area contributed by atoms with Crippen LogP contribution in [0.3, 0.4) is 0 Å². The Morgan fingerprint density at radius 1 is 1.64 bits per heavy atom. The zero-order valence-electron chi connectivity index (χ0n) is 6.67. The maximum absolute atomic E-state index is 4.34. The highest BCUT2D eigenvalue weighted by Gasteiger charge is 2.20. The normalized spacial score (nSPS) is 22.8. The molecule has 11 heavy (non-hydrogen) atoms. The summed E-state index contributed by atoms with van der Waals surface area (Å²) in [5.74, 6) is 0. The molecule has 0 bridgehead atoms. The molecule has 0 aromatic carbocycles. The molecule has 2 nitrogen and oxygen atoms in total. The lowest BCUT2D eigenvalue weighted by atomic mass is 10.00. The van der Waals surface area contributed by atoms with E-state index < -0.39 is 0 Å². The third-order valence-corrected chi connectivity index (χ3v) is 2.20. The maximum atomic E-state index is 4.34. The molecule has 1 saturated heterocycles. The zero-order valence-corrected chi connectivity index (χ0v) is 6.67. The third kappa shape index (κ3) is 1.14. The molecule has 1 atom stereocenters. The van der Waals surface area contributed by atoms with Crippen LogP contribution in [0.1, 0.15) is 23.7 Å². The number of rotatable bonds is 1. The topological polar surface area (TPSA) is 24.9 Å². The molecular formula is C9H12N2. The predicted molar refractivity (Wildman–Crippen MR) is 44.3 cm³/mol. The van der Waals surface area contributed by atoms with Crippen molar-refractivity contribution in [3.8, 4) is 0 Å². The van der Waals surface area contributed by atoms with Gasteiger partial charge in [0.1, 0.15) is 0 Å². The van der Waals surface area contributed by atoms with E-state index in [0.717, 1.165) is 6.54 Å². The van der Waals surface area contributed by atoms with Gasteiger partial charge in [0, 0.05) is 6.20 Å². The van der Waals surface area contributed by atoms with Crippen LogP contribution in [-0.4, -0.2) is 11.5 Å². The standard InChI is InChI=1S/C9H12N2/c1-7-3-2-5-11-9(7)8-4-6-10-8/h2-3,5,8,10H,4,6H2,1H3. The van der Waals surface area contributed by atoms with Crippen molar-refractivity contribution in [3.05, 3.63) is 29.6 Å². The Bertz CT molecular complexity index is 253. The summed E-state index contributed by atoms with van der Waals surface area (Å²) in [6.45, 7) is 3.25. The molecule has 1 unspecified atom stereocenters. The van der Waals surface area contributed by atoms with Crippen LogP contribution in [0.4, 0.5) is 0 Å². The SMILES string of the molecule is Cc1cccnc1C1CCN1. The lowest BCUT2D eigenvalue weighted by molar-refractivity contribution is 0.373. The number of hydrogen-bond acceptors (Lipinski definition) is 2. The minimum absolute atomic E-state index is 0.524. The van der Waals surface area contributed by atoms with Crippen LogP contribution >= 0.6 is 0 Å². The van der Waals surface area contributed by atoms with Gasteiger partial charge < -0.3 is 5.32 Å². The number of nitrogens with zero attached hydrogens (tertiary/aromatic N) is 1. The predicted octanol–water partition coefficient (Wildman–Crippen LogP) is 1.42. The van der Waals surface area contributed by atoms with Gasteiger partial charge in [0.05, 0.1) is 11.7 Å². The highest BCUT2D eigenvalue weighted by molar-refractivity contribution is 5.22. The van der Waals surface area contributed by atoms with E-state index in [-0.39, 0.29) is 0 Å². The molecule has 2 heterocycles. The summed E-state index contributed by atoms with van der Waals surface area (Å²) in [7, 11) is 0. The summed E-state index contributed by atoms with van der Waals surface area (Å²) < 4.78 is 0. The van der Waals surface area contributed by atoms with Crippen LogP contribution in [0.15, 0.2) is 18.3 Å². The first-order valence-electron chi connectivity index (χ1n) is 4.03. The molecule has 2 rings (SSSR count). The molecule has 1 fully saturated rings. The first-order valence-corrected chi connectivity index (χ1v) is 4.03. The van der Waals surface area contributed by atoms with E-state index in [0.29, 0.717) is 6.04 Å². The van der Waals surface area contributed by atoms with E-state index in [1.807, 2.05) is 12.3 Å². The Morgan fingerprint density at radius 2 is 2.45 bits per heavy atom. The molecule has 1 aliphatic rings. The average molecular weight is 148 g/mol. The van der Waals surface area contributed by atoms with Gasteiger partial charge in [-0.3, -0.25) is 4.98 Å². The van der Waals surface area contributed by atoms with Crippen LogP contribution in [0.2, 0.25) is 0 Å². The monoisotopic (exact) mass is 148 g/mol. The number of hydrogen-bond donors (Lipinski definition) is 1. The fourth-order valence-electron chi connectivity index (χ4n) is 1.38. The van der Waals surface area contributed by atoms with Gasteiger partial charge in [-0.15, -0.1) is 0 Å². The van der Waals surface area contributed by atoms with Crippen molar-refractivity contribution < 1.29 is 0 Å². The first kappa shape index (κ1) is 6.80. The summed E-state index contributed by atoms with van der Waals surface area (Å²) in [6.07, 6.45) is 3.10. The maximum Gasteiger partial charge on any atom is 0.0602 e. The summed E-state index contributed by atoms with van der Waals surface area (Å²) >= 11 is 0. The van der Waals surface area contributed by atoms with E-state index in [2.05, 4.69) is 23.3 Å². The molecule has 0 radical (unpaired) electrons. The van der Waals surface area contributed by atoms with Gasteiger partial charge in [-0.25, -0.2) is 0 Å². The molecule has 1 aromatic heterocycles. The summed E-state index contributed by atoms with van der Waals surface area (Å²) in [6, 6.07) is 4.62. The smallest absolute Gasteiger partial charge is 0.0602 e. The number of pyridine rings is 1. The van der Waals surface area contributed by atoms with Crippen LogP contribution in [0.25, 0.3) is 0 Å². The number of nitrogens with one attached hydrogen (secondary N) is 1. The molecule has 0 spiro atoms. The minimum atomic E-state index is 0.524.